The number of carbonyl (C=O) groups is 1. The second-order valence-corrected chi connectivity index (χ2v) is 5.04. The fraction of sp³-hybridized carbons (Fsp3) is 0.333. The first-order chi connectivity index (χ1) is 9.10. The number of carbonyl (C=O) groups excluding carboxylic acids is 1. The molecule has 0 saturated carbocycles. The number of nitrogens with one attached hydrogen (secondary N) is 1. The van der Waals surface area contributed by atoms with Crippen LogP contribution in [-0.2, 0) is 18.3 Å². The van der Waals surface area contributed by atoms with Crippen molar-refractivity contribution in [3.8, 4) is 0 Å². The van der Waals surface area contributed by atoms with E-state index in [1.54, 1.807) is 23.9 Å². The zero-order valence-electron chi connectivity index (χ0n) is 10.8. The van der Waals surface area contributed by atoms with Gasteiger partial charge in [-0.15, -0.1) is 11.3 Å². The van der Waals surface area contributed by atoms with Crippen LogP contribution in [0.25, 0.3) is 0 Å². The van der Waals surface area contributed by atoms with Crippen LogP contribution in [-0.4, -0.2) is 22.4 Å². The topological polar surface area (TPSA) is 82.2 Å². The van der Waals surface area contributed by atoms with Crippen molar-refractivity contribution >= 4 is 28.0 Å². The Morgan fingerprint density at radius 1 is 1.63 bits per heavy atom. The predicted molar refractivity (Wildman–Crippen MR) is 75.2 cm³/mol. The van der Waals surface area contributed by atoms with Crippen LogP contribution in [0.2, 0.25) is 0 Å². The number of anilines is 2. The SMILES string of the molecule is CCOC(=O)c1sc(NCc2cnn(C)c2)cc1N. The van der Waals surface area contributed by atoms with Crippen LogP contribution < -0.4 is 11.1 Å². The second kappa shape index (κ2) is 5.75. The lowest BCUT2D eigenvalue weighted by Gasteiger charge is -2.00. The van der Waals surface area contributed by atoms with Crippen LogP contribution in [0.15, 0.2) is 18.5 Å². The van der Waals surface area contributed by atoms with Gasteiger partial charge in [-0.2, -0.15) is 5.10 Å². The second-order valence-electron chi connectivity index (χ2n) is 3.99. The van der Waals surface area contributed by atoms with E-state index in [0.717, 1.165) is 10.6 Å². The number of esters is 1. The molecule has 3 N–H and O–H groups in total. The number of aromatic nitrogens is 2. The van der Waals surface area contributed by atoms with Gasteiger partial charge >= 0.3 is 5.97 Å². The molecule has 19 heavy (non-hydrogen) atoms. The highest BCUT2D eigenvalue weighted by Gasteiger charge is 2.15. The summed E-state index contributed by atoms with van der Waals surface area (Å²) in [6.45, 7) is 2.74. The number of rotatable bonds is 5. The molecule has 0 saturated heterocycles. The van der Waals surface area contributed by atoms with E-state index in [4.69, 9.17) is 10.5 Å². The van der Waals surface area contributed by atoms with Crippen LogP contribution in [0.5, 0.6) is 0 Å². The van der Waals surface area contributed by atoms with Crippen molar-refractivity contribution in [1.29, 1.82) is 0 Å². The van der Waals surface area contributed by atoms with E-state index in [0.29, 0.717) is 23.7 Å². The first-order valence-electron chi connectivity index (χ1n) is 5.88. The normalized spacial score (nSPS) is 10.4. The summed E-state index contributed by atoms with van der Waals surface area (Å²) < 4.78 is 6.68. The van der Waals surface area contributed by atoms with Crippen molar-refractivity contribution in [3.05, 3.63) is 28.9 Å². The molecule has 102 valence electrons. The summed E-state index contributed by atoms with van der Waals surface area (Å²) in [6, 6.07) is 1.74. The van der Waals surface area contributed by atoms with Gasteiger partial charge in [-0.1, -0.05) is 0 Å². The molecule has 0 amide bonds. The molecule has 0 bridgehead atoms. The van der Waals surface area contributed by atoms with Crippen LogP contribution in [0.3, 0.4) is 0 Å². The van der Waals surface area contributed by atoms with Crippen LogP contribution in [0, 0.1) is 0 Å². The molecule has 0 radical (unpaired) electrons. The Morgan fingerprint density at radius 2 is 2.42 bits per heavy atom. The Morgan fingerprint density at radius 3 is 3.05 bits per heavy atom. The Kier molecular flexibility index (Phi) is 4.06. The number of hydrogen-bond acceptors (Lipinski definition) is 6. The number of hydrogen-bond donors (Lipinski definition) is 2. The Labute approximate surface area is 115 Å². The molecule has 0 aromatic carbocycles. The minimum atomic E-state index is -0.376. The minimum absolute atomic E-state index is 0.342. The molecule has 0 atom stereocenters. The number of thiophene rings is 1. The van der Waals surface area contributed by atoms with E-state index >= 15 is 0 Å². The maximum absolute atomic E-state index is 11.6. The number of nitrogen functional groups attached to an aromatic ring is 1. The third-order valence-electron chi connectivity index (χ3n) is 2.45. The third-order valence-corrected chi connectivity index (χ3v) is 3.54. The fourth-order valence-electron chi connectivity index (χ4n) is 1.60. The van der Waals surface area contributed by atoms with Gasteiger partial charge < -0.3 is 15.8 Å². The van der Waals surface area contributed by atoms with E-state index in [1.165, 1.54) is 11.3 Å². The maximum Gasteiger partial charge on any atom is 0.350 e. The number of ether oxygens (including phenoxy) is 1. The molecule has 0 aliphatic carbocycles. The average Bonchev–Trinajstić information content (AvgIpc) is 2.93. The van der Waals surface area contributed by atoms with Gasteiger partial charge in [0, 0.05) is 25.4 Å². The summed E-state index contributed by atoms with van der Waals surface area (Å²) in [6.07, 6.45) is 3.71. The average molecular weight is 280 g/mol. The van der Waals surface area contributed by atoms with Gasteiger partial charge in [-0.3, -0.25) is 4.68 Å². The third kappa shape index (κ3) is 3.25. The van der Waals surface area contributed by atoms with Crippen LogP contribution in [0.4, 0.5) is 10.7 Å². The van der Waals surface area contributed by atoms with E-state index in [9.17, 15) is 4.79 Å². The maximum atomic E-state index is 11.6. The Hall–Kier alpha value is -2.02. The van der Waals surface area contributed by atoms with Crippen molar-refractivity contribution in [2.45, 2.75) is 13.5 Å². The first kappa shape index (κ1) is 13.4. The Bertz CT molecular complexity index is 576. The molecule has 2 rings (SSSR count). The van der Waals surface area contributed by atoms with E-state index in [2.05, 4.69) is 10.4 Å². The van der Waals surface area contributed by atoms with Crippen molar-refractivity contribution in [1.82, 2.24) is 9.78 Å². The molecule has 0 spiro atoms. The zero-order valence-corrected chi connectivity index (χ0v) is 11.7. The quantitative estimate of drug-likeness (QED) is 0.817. The van der Waals surface area contributed by atoms with E-state index < -0.39 is 0 Å². The lowest BCUT2D eigenvalue weighted by molar-refractivity contribution is 0.0533. The summed E-state index contributed by atoms with van der Waals surface area (Å²) in [4.78, 5) is 12.1. The summed E-state index contributed by atoms with van der Waals surface area (Å²) >= 11 is 1.30. The molecule has 2 aromatic rings. The van der Waals surface area contributed by atoms with Gasteiger partial charge in [-0.05, 0) is 13.0 Å². The molecular weight excluding hydrogens is 264 g/mol. The summed E-state index contributed by atoms with van der Waals surface area (Å²) in [5.41, 5.74) is 7.30. The lowest BCUT2D eigenvalue weighted by Crippen LogP contribution is -2.04. The summed E-state index contributed by atoms with van der Waals surface area (Å²) in [5, 5.41) is 8.13. The van der Waals surface area contributed by atoms with Gasteiger partial charge in [0.15, 0.2) is 0 Å². The van der Waals surface area contributed by atoms with Gasteiger partial charge in [0.25, 0.3) is 0 Å². The van der Waals surface area contributed by atoms with Crippen molar-refractivity contribution in [3.63, 3.8) is 0 Å². The van der Waals surface area contributed by atoms with Crippen LogP contribution >= 0.6 is 11.3 Å². The first-order valence-corrected chi connectivity index (χ1v) is 6.69. The highest BCUT2D eigenvalue weighted by Crippen LogP contribution is 2.30. The number of nitrogens with two attached hydrogens (primary N) is 1. The minimum Gasteiger partial charge on any atom is -0.462 e. The Balaban J connectivity index is 2.01. The monoisotopic (exact) mass is 280 g/mol. The summed E-state index contributed by atoms with van der Waals surface area (Å²) in [7, 11) is 1.87. The van der Waals surface area contributed by atoms with E-state index in [-0.39, 0.29) is 5.97 Å². The smallest absolute Gasteiger partial charge is 0.350 e. The molecule has 6 nitrogen and oxygen atoms in total. The molecular formula is C12H16N4O2S. The van der Waals surface area contributed by atoms with Crippen LogP contribution in [0.1, 0.15) is 22.2 Å². The molecule has 0 fully saturated rings. The van der Waals surface area contributed by atoms with Gasteiger partial charge in [0.05, 0.1) is 23.5 Å². The van der Waals surface area contributed by atoms with Crippen molar-refractivity contribution in [2.24, 2.45) is 7.05 Å². The van der Waals surface area contributed by atoms with Crippen molar-refractivity contribution < 1.29 is 9.53 Å². The van der Waals surface area contributed by atoms with Gasteiger partial charge in [0.1, 0.15) is 4.88 Å². The van der Waals surface area contributed by atoms with E-state index in [1.807, 2.05) is 13.2 Å². The predicted octanol–water partition coefficient (Wildman–Crippen LogP) is 1.85. The molecule has 0 unspecified atom stereocenters. The van der Waals surface area contributed by atoms with Gasteiger partial charge in [0.2, 0.25) is 0 Å². The summed E-state index contributed by atoms with van der Waals surface area (Å²) in [5.74, 6) is -0.376. The fourth-order valence-corrected chi connectivity index (χ4v) is 2.47. The largest absolute Gasteiger partial charge is 0.462 e. The number of nitrogens with zero attached hydrogens (tertiary/aromatic N) is 2. The molecule has 7 heteroatoms. The number of aryl methyl sites for hydroxylation is 1. The van der Waals surface area contributed by atoms with Crippen molar-refractivity contribution in [2.75, 3.05) is 17.7 Å². The molecule has 0 aliphatic rings. The standard InChI is InChI=1S/C12H16N4O2S/c1-3-18-12(17)11-9(13)4-10(19-11)14-5-8-6-15-16(2)7-8/h4,6-7,14H,3,5,13H2,1-2H3. The van der Waals surface area contributed by atoms with Gasteiger partial charge in [-0.25, -0.2) is 4.79 Å². The molecule has 2 aromatic heterocycles. The zero-order chi connectivity index (χ0) is 13.8. The molecule has 0 aliphatic heterocycles. The highest BCUT2D eigenvalue weighted by atomic mass is 32.1. The highest BCUT2D eigenvalue weighted by molar-refractivity contribution is 7.18. The lowest BCUT2D eigenvalue weighted by atomic mass is 10.3. The molecule has 2 heterocycles.